The second kappa shape index (κ2) is 19.4. The predicted molar refractivity (Wildman–Crippen MR) is 400 cm³/mol. The lowest BCUT2D eigenvalue weighted by Gasteiger charge is -2.29. The van der Waals surface area contributed by atoms with Gasteiger partial charge in [-0.3, -0.25) is 0 Å². The fraction of sp³-hybridized carbons (Fsp3) is 0.156. The van der Waals surface area contributed by atoms with Gasteiger partial charge < -0.3 is 23.1 Å². The summed E-state index contributed by atoms with van der Waals surface area (Å²) in [5, 5.41) is 16.5. The Morgan fingerprint density at radius 2 is 0.526 bits per heavy atom. The highest BCUT2D eigenvalue weighted by molar-refractivity contribution is 6.22. The monoisotopic (exact) mass is 1230 g/mol. The summed E-state index contributed by atoms with van der Waals surface area (Å²) in [5.74, 6) is 0. The molecular formula is C90H70N2O3. The molecule has 14 aromatic carbocycles. The summed E-state index contributed by atoms with van der Waals surface area (Å²) in [6.45, 7) is 23.3. The highest BCUT2D eigenvalue weighted by atomic mass is 16.3. The van der Waals surface area contributed by atoms with Crippen molar-refractivity contribution >= 4 is 143 Å². The summed E-state index contributed by atoms with van der Waals surface area (Å²) in [6, 6.07) is 90.2. The lowest BCUT2D eigenvalue weighted by atomic mass is 9.79. The summed E-state index contributed by atoms with van der Waals surface area (Å²) in [6.07, 6.45) is 0. The second-order valence-corrected chi connectivity index (χ2v) is 30.0. The lowest BCUT2D eigenvalue weighted by Crippen LogP contribution is -2.17. The van der Waals surface area contributed by atoms with Gasteiger partial charge >= 0.3 is 0 Å². The lowest BCUT2D eigenvalue weighted by molar-refractivity contribution is 0.590. The minimum absolute atomic E-state index is 0.00564. The average molecular weight is 1230 g/mol. The van der Waals surface area contributed by atoms with Crippen LogP contribution in [0.5, 0.6) is 0 Å². The third-order valence-corrected chi connectivity index (χ3v) is 21.6. The molecule has 2 aliphatic rings. The number of hydrogen-bond acceptors (Lipinski definition) is 5. The van der Waals surface area contributed by atoms with Gasteiger partial charge in [-0.05, 0) is 207 Å². The van der Waals surface area contributed by atoms with Gasteiger partial charge in [-0.1, -0.05) is 203 Å². The normalized spacial score (nSPS) is 14.2. The number of furan rings is 3. The zero-order valence-electron chi connectivity index (χ0n) is 55.2. The van der Waals surface area contributed by atoms with Crippen molar-refractivity contribution in [1.29, 1.82) is 0 Å². The average Bonchev–Trinajstić information content (AvgIpc) is 1.57. The Morgan fingerprint density at radius 1 is 0.253 bits per heavy atom. The van der Waals surface area contributed by atoms with Crippen LogP contribution in [-0.4, -0.2) is 0 Å². The molecule has 5 heteroatoms. The van der Waals surface area contributed by atoms with E-state index in [4.69, 9.17) is 13.3 Å². The van der Waals surface area contributed by atoms with Crippen LogP contribution < -0.4 is 9.80 Å². The molecule has 19 rings (SSSR count). The molecule has 3 aromatic heterocycles. The first-order valence-corrected chi connectivity index (χ1v) is 33.5. The molecule has 3 heterocycles. The van der Waals surface area contributed by atoms with Crippen LogP contribution >= 0.6 is 0 Å². The molecule has 0 N–H and O–H groups in total. The Kier molecular flexibility index (Phi) is 11.4. The molecule has 0 spiro atoms. The van der Waals surface area contributed by atoms with Gasteiger partial charge in [0.1, 0.15) is 33.5 Å². The first kappa shape index (κ1) is 55.7. The minimum Gasteiger partial charge on any atom is -0.456 e. The largest absolute Gasteiger partial charge is 0.456 e. The smallest absolute Gasteiger partial charge is 0.137 e. The quantitative estimate of drug-likeness (QED) is 0.155. The minimum atomic E-state index is -0.263. The Hall–Kier alpha value is -10.9. The van der Waals surface area contributed by atoms with Crippen molar-refractivity contribution in [1.82, 2.24) is 0 Å². The summed E-state index contributed by atoms with van der Waals surface area (Å²) >= 11 is 0. The van der Waals surface area contributed by atoms with Gasteiger partial charge in [0.2, 0.25) is 0 Å². The maximum Gasteiger partial charge on any atom is 0.137 e. The zero-order chi connectivity index (χ0) is 64.3. The van der Waals surface area contributed by atoms with E-state index < -0.39 is 0 Å². The summed E-state index contributed by atoms with van der Waals surface area (Å²) in [5.41, 5.74) is 24.0. The molecule has 0 saturated carbocycles. The number of hydrogen-bond donors (Lipinski definition) is 0. The Balaban J connectivity index is 0.707. The van der Waals surface area contributed by atoms with Crippen molar-refractivity contribution in [2.24, 2.45) is 0 Å². The maximum atomic E-state index is 6.99. The molecule has 0 unspecified atom stereocenters. The van der Waals surface area contributed by atoms with E-state index in [1.54, 1.807) is 0 Å². The summed E-state index contributed by atoms with van der Waals surface area (Å²) in [4.78, 5) is 4.79. The van der Waals surface area contributed by atoms with Gasteiger partial charge in [-0.2, -0.15) is 0 Å². The number of rotatable bonds is 6. The van der Waals surface area contributed by atoms with Gasteiger partial charge in [0.25, 0.3) is 0 Å². The summed E-state index contributed by atoms with van der Waals surface area (Å²) in [7, 11) is 0. The Morgan fingerprint density at radius 3 is 0.874 bits per heavy atom. The van der Waals surface area contributed by atoms with Crippen molar-refractivity contribution in [2.45, 2.75) is 90.9 Å². The molecule has 0 fully saturated rings. The van der Waals surface area contributed by atoms with Crippen molar-refractivity contribution in [3.63, 3.8) is 0 Å². The Labute approximate surface area is 552 Å². The third-order valence-electron chi connectivity index (χ3n) is 21.6. The molecule has 5 nitrogen and oxygen atoms in total. The zero-order valence-corrected chi connectivity index (χ0v) is 55.2. The number of fused-ring (bicyclic) bond motifs is 25. The molecular weight excluding hydrogens is 1160 g/mol. The van der Waals surface area contributed by atoms with E-state index in [1.807, 2.05) is 0 Å². The molecule has 0 atom stereocenters. The summed E-state index contributed by atoms with van der Waals surface area (Å²) < 4.78 is 20.9. The van der Waals surface area contributed by atoms with E-state index >= 15 is 0 Å². The van der Waals surface area contributed by atoms with Crippen LogP contribution in [0.3, 0.4) is 0 Å². The van der Waals surface area contributed by atoms with Gasteiger partial charge in [0, 0.05) is 89.4 Å². The number of nitrogens with zero attached hydrogens (tertiary/aromatic N) is 2. The topological polar surface area (TPSA) is 45.9 Å². The van der Waals surface area contributed by atoms with Crippen molar-refractivity contribution in [3.05, 3.63) is 276 Å². The fourth-order valence-corrected chi connectivity index (χ4v) is 16.9. The van der Waals surface area contributed by atoms with Crippen LogP contribution in [0, 0.1) is 0 Å². The Bertz CT molecular complexity index is 5800. The number of benzene rings is 14. The predicted octanol–water partition coefficient (Wildman–Crippen LogP) is 26.1. The van der Waals surface area contributed by atoms with E-state index in [9.17, 15) is 0 Å². The van der Waals surface area contributed by atoms with Gasteiger partial charge in [0.15, 0.2) is 0 Å². The van der Waals surface area contributed by atoms with Crippen LogP contribution in [-0.2, 0) is 21.7 Å². The van der Waals surface area contributed by atoms with Crippen molar-refractivity contribution in [2.75, 3.05) is 9.80 Å². The van der Waals surface area contributed by atoms with Gasteiger partial charge in [-0.25, -0.2) is 0 Å². The molecule has 0 bridgehead atoms. The SMILES string of the molecule is CC(C)(C)c1ccc(N(c2ccc3c(c2)C(C)(C)c2c-3c3ccccc3c3ccccc23)c2ccc3c(c2)oc2cc4c(cc23)oc2cc3c(cc24)oc2cc(N(c4ccc(C(C)(C)C)cc4)c4ccc5c(c4)C(C)(C)c4c-5c5ccccc5c5ccccc45)ccc23)cc1. The second-order valence-electron chi connectivity index (χ2n) is 30.0. The molecule has 0 radical (unpaired) electrons. The van der Waals surface area contributed by atoms with Crippen molar-refractivity contribution < 1.29 is 13.3 Å². The molecule has 17 aromatic rings. The van der Waals surface area contributed by atoms with E-state index in [0.29, 0.717) is 0 Å². The third kappa shape index (κ3) is 8.02. The molecule has 458 valence electrons. The van der Waals surface area contributed by atoms with E-state index in [2.05, 4.69) is 322 Å². The standard InChI is InChI=1S/C90H70N2O3/c1-87(2,3)51-27-31-53(32-28-51)91(55-37-41-69-75(43-55)89(7,8)85-67-25-17-13-21-61(67)59-19-11-15-23-65(59)83(69)85)57-35-39-63-71-47-81-73(49-79(71)93-77(63)45-57)74-50-80-72(48-82(74)95-81)64-40-36-58(46-78(64)94-80)92(54-33-29-52(30-34-54)88(4,5)6)56-38-42-70-76(44-56)90(9,10)86-68-26-18-14-22-62(68)60-20-12-16-24-66(60)84(70)86/h11-50H,1-10H3. The molecule has 0 saturated heterocycles. The molecule has 2 aliphatic carbocycles. The van der Waals surface area contributed by atoms with E-state index in [1.165, 1.54) is 98.7 Å². The van der Waals surface area contributed by atoms with Gasteiger partial charge in [0.05, 0.1) is 0 Å². The molecule has 0 amide bonds. The highest BCUT2D eigenvalue weighted by Gasteiger charge is 2.41. The highest BCUT2D eigenvalue weighted by Crippen LogP contribution is 2.58. The first-order valence-electron chi connectivity index (χ1n) is 33.5. The van der Waals surface area contributed by atoms with Crippen LogP contribution in [0.1, 0.15) is 103 Å². The van der Waals surface area contributed by atoms with E-state index in [0.717, 1.165) is 99.9 Å². The van der Waals surface area contributed by atoms with Crippen LogP contribution in [0.2, 0.25) is 0 Å². The maximum absolute atomic E-state index is 6.99. The van der Waals surface area contributed by atoms with Gasteiger partial charge in [-0.15, -0.1) is 0 Å². The first-order chi connectivity index (χ1) is 45.8. The van der Waals surface area contributed by atoms with E-state index in [-0.39, 0.29) is 21.7 Å². The van der Waals surface area contributed by atoms with Crippen LogP contribution in [0.15, 0.2) is 256 Å². The molecule has 0 aliphatic heterocycles. The van der Waals surface area contributed by atoms with Crippen LogP contribution in [0.4, 0.5) is 34.1 Å². The number of anilines is 6. The fourth-order valence-electron chi connectivity index (χ4n) is 16.9. The molecule has 95 heavy (non-hydrogen) atoms. The van der Waals surface area contributed by atoms with Crippen LogP contribution in [0.25, 0.3) is 131 Å². The van der Waals surface area contributed by atoms with Crippen molar-refractivity contribution in [3.8, 4) is 22.3 Å².